The molecule has 0 N–H and O–H groups in total. The SMILES string of the molecule is Cc1ccc2c(c1)-c1nc(-c3ccccc3)cc(-c3ccc(Cl)cc3)c1CO2. The number of benzene rings is 3. The minimum absolute atomic E-state index is 0.505. The van der Waals surface area contributed by atoms with Gasteiger partial charge in [0.05, 0.1) is 11.4 Å². The molecule has 0 aliphatic carbocycles. The Labute approximate surface area is 169 Å². The minimum atomic E-state index is 0.505. The maximum absolute atomic E-state index is 6.12. The van der Waals surface area contributed by atoms with Crippen LogP contribution in [0.25, 0.3) is 33.6 Å². The van der Waals surface area contributed by atoms with Gasteiger partial charge >= 0.3 is 0 Å². The van der Waals surface area contributed by atoms with Crippen molar-refractivity contribution in [3.63, 3.8) is 0 Å². The number of ether oxygens (including phenoxy) is 1. The smallest absolute Gasteiger partial charge is 0.129 e. The van der Waals surface area contributed by atoms with Gasteiger partial charge in [0.2, 0.25) is 0 Å². The maximum Gasteiger partial charge on any atom is 0.129 e. The van der Waals surface area contributed by atoms with Crippen LogP contribution >= 0.6 is 11.6 Å². The Morgan fingerprint density at radius 1 is 0.821 bits per heavy atom. The summed E-state index contributed by atoms with van der Waals surface area (Å²) >= 11 is 6.12. The van der Waals surface area contributed by atoms with Gasteiger partial charge in [-0.15, -0.1) is 0 Å². The molecule has 2 nitrogen and oxygen atoms in total. The Hall–Kier alpha value is -3.10. The lowest BCUT2D eigenvalue weighted by Gasteiger charge is -2.24. The van der Waals surface area contributed by atoms with E-state index in [0.717, 1.165) is 50.0 Å². The molecule has 0 fully saturated rings. The Balaban J connectivity index is 1.80. The van der Waals surface area contributed by atoms with Crippen LogP contribution in [0.3, 0.4) is 0 Å². The standard InChI is InChI=1S/C25H18ClNO/c1-16-7-12-24-21(13-16)25-22(15-28-24)20(17-8-10-19(26)11-9-17)14-23(27-25)18-5-3-2-4-6-18/h2-14H,15H2,1H3. The molecule has 2 heterocycles. The van der Waals surface area contributed by atoms with Gasteiger partial charge in [0.15, 0.2) is 0 Å². The first-order chi connectivity index (χ1) is 13.7. The molecule has 0 saturated heterocycles. The largest absolute Gasteiger partial charge is 0.488 e. The molecule has 0 bridgehead atoms. The highest BCUT2D eigenvalue weighted by Gasteiger charge is 2.23. The molecule has 0 saturated carbocycles. The van der Waals surface area contributed by atoms with Gasteiger partial charge in [-0.2, -0.15) is 0 Å². The van der Waals surface area contributed by atoms with Gasteiger partial charge in [-0.1, -0.05) is 65.7 Å². The third kappa shape index (κ3) is 2.96. The molecule has 0 amide bonds. The summed E-state index contributed by atoms with van der Waals surface area (Å²) in [6, 6.07) is 26.7. The van der Waals surface area contributed by atoms with Crippen molar-refractivity contribution in [2.75, 3.05) is 0 Å². The Bertz CT molecular complexity index is 1170. The van der Waals surface area contributed by atoms with Crippen molar-refractivity contribution in [2.24, 2.45) is 0 Å². The lowest BCUT2D eigenvalue weighted by Crippen LogP contribution is -2.10. The summed E-state index contributed by atoms with van der Waals surface area (Å²) in [6.45, 7) is 2.60. The number of aryl methyl sites for hydroxylation is 1. The molecule has 3 aromatic carbocycles. The molecule has 1 aliphatic rings. The molecule has 0 atom stereocenters. The van der Waals surface area contributed by atoms with E-state index >= 15 is 0 Å². The summed E-state index contributed by atoms with van der Waals surface area (Å²) in [5.74, 6) is 0.887. The Morgan fingerprint density at radius 3 is 2.39 bits per heavy atom. The van der Waals surface area contributed by atoms with Gasteiger partial charge in [0, 0.05) is 21.7 Å². The molecule has 5 rings (SSSR count). The summed E-state index contributed by atoms with van der Waals surface area (Å²) in [5, 5.41) is 0.729. The second kappa shape index (κ2) is 6.81. The Morgan fingerprint density at radius 2 is 1.61 bits per heavy atom. The summed E-state index contributed by atoms with van der Waals surface area (Å²) < 4.78 is 6.07. The lowest BCUT2D eigenvalue weighted by atomic mass is 9.92. The van der Waals surface area contributed by atoms with Gasteiger partial charge in [-0.25, -0.2) is 4.98 Å². The normalized spacial score (nSPS) is 12.1. The van der Waals surface area contributed by atoms with E-state index in [2.05, 4.69) is 49.4 Å². The monoisotopic (exact) mass is 383 g/mol. The molecule has 1 aromatic heterocycles. The summed E-state index contributed by atoms with van der Waals surface area (Å²) in [7, 11) is 0. The zero-order chi connectivity index (χ0) is 19.1. The summed E-state index contributed by atoms with van der Waals surface area (Å²) in [6.07, 6.45) is 0. The third-order valence-electron chi connectivity index (χ3n) is 5.11. The number of hydrogen-bond donors (Lipinski definition) is 0. The van der Waals surface area contributed by atoms with Crippen LogP contribution in [0.4, 0.5) is 0 Å². The first-order valence-corrected chi connectivity index (χ1v) is 9.66. The van der Waals surface area contributed by atoms with E-state index in [1.807, 2.05) is 36.4 Å². The highest BCUT2D eigenvalue weighted by Crippen LogP contribution is 2.42. The Kier molecular flexibility index (Phi) is 4.14. The number of nitrogens with zero attached hydrogens (tertiary/aromatic N) is 1. The molecule has 0 spiro atoms. The molecule has 136 valence electrons. The zero-order valence-corrected chi connectivity index (χ0v) is 16.2. The number of rotatable bonds is 2. The fourth-order valence-electron chi connectivity index (χ4n) is 3.69. The number of pyridine rings is 1. The quantitative estimate of drug-likeness (QED) is 0.374. The van der Waals surface area contributed by atoms with Crippen LogP contribution in [-0.4, -0.2) is 4.98 Å². The fourth-order valence-corrected chi connectivity index (χ4v) is 3.81. The van der Waals surface area contributed by atoms with Crippen LogP contribution in [0.5, 0.6) is 5.75 Å². The predicted molar refractivity (Wildman–Crippen MR) is 115 cm³/mol. The van der Waals surface area contributed by atoms with Gasteiger partial charge < -0.3 is 4.74 Å². The van der Waals surface area contributed by atoms with Crippen molar-refractivity contribution in [2.45, 2.75) is 13.5 Å². The van der Waals surface area contributed by atoms with Crippen LogP contribution in [-0.2, 0) is 6.61 Å². The van der Waals surface area contributed by atoms with E-state index in [1.54, 1.807) is 0 Å². The first kappa shape index (κ1) is 17.0. The molecular formula is C25H18ClNO. The van der Waals surface area contributed by atoms with Crippen molar-refractivity contribution < 1.29 is 4.74 Å². The second-order valence-electron chi connectivity index (χ2n) is 7.04. The van der Waals surface area contributed by atoms with Crippen molar-refractivity contribution in [3.8, 4) is 39.4 Å². The van der Waals surface area contributed by atoms with Crippen LogP contribution in [0.1, 0.15) is 11.1 Å². The molecule has 0 radical (unpaired) electrons. The van der Waals surface area contributed by atoms with E-state index in [-0.39, 0.29) is 0 Å². The number of halogens is 1. The van der Waals surface area contributed by atoms with E-state index in [9.17, 15) is 0 Å². The van der Waals surface area contributed by atoms with Crippen molar-refractivity contribution in [1.29, 1.82) is 0 Å². The zero-order valence-electron chi connectivity index (χ0n) is 15.4. The molecule has 0 unspecified atom stereocenters. The maximum atomic E-state index is 6.12. The van der Waals surface area contributed by atoms with Crippen LogP contribution in [0, 0.1) is 6.92 Å². The van der Waals surface area contributed by atoms with Crippen LogP contribution in [0.2, 0.25) is 5.02 Å². The average Bonchev–Trinajstić information content (AvgIpc) is 2.74. The number of aromatic nitrogens is 1. The van der Waals surface area contributed by atoms with Crippen molar-refractivity contribution >= 4 is 11.6 Å². The highest BCUT2D eigenvalue weighted by molar-refractivity contribution is 6.30. The van der Waals surface area contributed by atoms with E-state index < -0.39 is 0 Å². The molecular weight excluding hydrogens is 366 g/mol. The van der Waals surface area contributed by atoms with Crippen molar-refractivity contribution in [3.05, 3.63) is 95.0 Å². The van der Waals surface area contributed by atoms with E-state index in [1.165, 1.54) is 5.56 Å². The molecule has 3 heteroatoms. The number of fused-ring (bicyclic) bond motifs is 3. The topological polar surface area (TPSA) is 22.1 Å². The number of hydrogen-bond acceptors (Lipinski definition) is 2. The second-order valence-corrected chi connectivity index (χ2v) is 7.48. The molecule has 28 heavy (non-hydrogen) atoms. The van der Waals surface area contributed by atoms with E-state index in [4.69, 9.17) is 21.3 Å². The summed E-state index contributed by atoms with van der Waals surface area (Å²) in [5.41, 5.74) is 8.65. The van der Waals surface area contributed by atoms with Gasteiger partial charge in [-0.3, -0.25) is 0 Å². The molecule has 1 aliphatic heterocycles. The first-order valence-electron chi connectivity index (χ1n) is 9.28. The highest BCUT2D eigenvalue weighted by atomic mass is 35.5. The fraction of sp³-hybridized carbons (Fsp3) is 0.0800. The van der Waals surface area contributed by atoms with E-state index in [0.29, 0.717) is 6.61 Å². The third-order valence-corrected chi connectivity index (χ3v) is 5.36. The van der Waals surface area contributed by atoms with Crippen LogP contribution < -0.4 is 4.74 Å². The van der Waals surface area contributed by atoms with Gasteiger partial charge in [0.1, 0.15) is 12.4 Å². The van der Waals surface area contributed by atoms with Crippen LogP contribution in [0.15, 0.2) is 78.9 Å². The predicted octanol–water partition coefficient (Wildman–Crippen LogP) is 6.94. The average molecular weight is 384 g/mol. The van der Waals surface area contributed by atoms with Gasteiger partial charge in [0.25, 0.3) is 0 Å². The lowest BCUT2D eigenvalue weighted by molar-refractivity contribution is 0.302. The minimum Gasteiger partial charge on any atom is -0.488 e. The summed E-state index contributed by atoms with van der Waals surface area (Å²) in [4.78, 5) is 5.06. The van der Waals surface area contributed by atoms with Gasteiger partial charge in [-0.05, 0) is 48.4 Å². The molecule has 4 aromatic rings. The van der Waals surface area contributed by atoms with Crippen molar-refractivity contribution in [1.82, 2.24) is 4.98 Å².